The van der Waals surface area contributed by atoms with Gasteiger partial charge < -0.3 is 14.8 Å². The first-order chi connectivity index (χ1) is 15.8. The third kappa shape index (κ3) is 6.21. The van der Waals surface area contributed by atoms with Crippen molar-refractivity contribution in [3.05, 3.63) is 92.7 Å². The maximum absolute atomic E-state index is 13.1. The summed E-state index contributed by atoms with van der Waals surface area (Å²) in [6.07, 6.45) is 1.48. The molecular formula is C26H22BrFN2O3. The van der Waals surface area contributed by atoms with Gasteiger partial charge in [-0.25, -0.2) is 4.39 Å². The van der Waals surface area contributed by atoms with E-state index in [0.717, 1.165) is 16.7 Å². The highest BCUT2D eigenvalue weighted by molar-refractivity contribution is 9.10. The molecule has 33 heavy (non-hydrogen) atoms. The van der Waals surface area contributed by atoms with Crippen LogP contribution in [0.25, 0.3) is 6.08 Å². The number of hydrogen-bond acceptors (Lipinski definition) is 4. The van der Waals surface area contributed by atoms with Gasteiger partial charge in [0, 0.05) is 5.69 Å². The molecule has 0 heterocycles. The second-order valence-electron chi connectivity index (χ2n) is 7.39. The van der Waals surface area contributed by atoms with E-state index >= 15 is 0 Å². The van der Waals surface area contributed by atoms with Crippen LogP contribution >= 0.6 is 15.9 Å². The van der Waals surface area contributed by atoms with Gasteiger partial charge in [-0.2, -0.15) is 5.26 Å². The molecule has 0 bridgehead atoms. The van der Waals surface area contributed by atoms with Crippen LogP contribution in [-0.2, 0) is 11.4 Å². The minimum Gasteiger partial charge on any atom is -0.493 e. The van der Waals surface area contributed by atoms with Gasteiger partial charge in [0.05, 0.1) is 11.6 Å². The average Bonchev–Trinajstić information content (AvgIpc) is 2.79. The smallest absolute Gasteiger partial charge is 0.266 e. The third-order valence-electron chi connectivity index (χ3n) is 4.87. The molecule has 0 aliphatic heterocycles. The van der Waals surface area contributed by atoms with E-state index in [1.165, 1.54) is 25.3 Å². The number of halogens is 2. The lowest BCUT2D eigenvalue weighted by Gasteiger charge is -2.14. The zero-order valence-corrected chi connectivity index (χ0v) is 20.0. The summed E-state index contributed by atoms with van der Waals surface area (Å²) in [5, 5.41) is 12.4. The van der Waals surface area contributed by atoms with Crippen LogP contribution in [0, 0.1) is 31.0 Å². The summed E-state index contributed by atoms with van der Waals surface area (Å²) in [5.74, 6) is 0.0590. The van der Waals surface area contributed by atoms with E-state index in [4.69, 9.17) is 9.47 Å². The Kier molecular flexibility index (Phi) is 7.86. The zero-order valence-electron chi connectivity index (χ0n) is 18.4. The number of methoxy groups -OCH3 is 1. The van der Waals surface area contributed by atoms with E-state index in [1.54, 1.807) is 24.3 Å². The lowest BCUT2D eigenvalue weighted by Crippen LogP contribution is -2.14. The molecule has 0 saturated carbocycles. The van der Waals surface area contributed by atoms with E-state index in [1.807, 2.05) is 38.1 Å². The lowest BCUT2D eigenvalue weighted by molar-refractivity contribution is -0.112. The normalized spacial score (nSPS) is 11.0. The summed E-state index contributed by atoms with van der Waals surface area (Å²) < 4.78 is 25.0. The molecule has 168 valence electrons. The van der Waals surface area contributed by atoms with Gasteiger partial charge in [-0.1, -0.05) is 24.3 Å². The quantitative estimate of drug-likeness (QED) is 0.298. The maximum atomic E-state index is 13.1. The van der Waals surface area contributed by atoms with E-state index < -0.39 is 5.91 Å². The molecule has 1 amide bonds. The van der Waals surface area contributed by atoms with Crippen molar-refractivity contribution in [3.8, 4) is 17.6 Å². The number of nitrogens with zero attached hydrogens (tertiary/aromatic N) is 1. The molecule has 0 saturated heterocycles. The monoisotopic (exact) mass is 508 g/mol. The molecule has 3 aromatic rings. The number of benzene rings is 3. The summed E-state index contributed by atoms with van der Waals surface area (Å²) in [6, 6.07) is 17.1. The Morgan fingerprint density at radius 1 is 1.15 bits per heavy atom. The molecule has 0 fully saturated rings. The molecular weight excluding hydrogens is 487 g/mol. The first kappa shape index (κ1) is 24.0. The number of nitrogens with one attached hydrogen (secondary N) is 1. The average molecular weight is 509 g/mol. The molecule has 0 atom stereocenters. The molecule has 0 unspecified atom stereocenters. The number of nitriles is 1. The SMILES string of the molecule is COc1cc(/C=C(\C#N)C(=O)Nc2cc(C)ccc2C)cc(Br)c1OCc1ccc(F)cc1. The first-order valence-electron chi connectivity index (χ1n) is 10.1. The van der Waals surface area contributed by atoms with Crippen LogP contribution in [0.4, 0.5) is 10.1 Å². The molecule has 0 aromatic heterocycles. The van der Waals surface area contributed by atoms with Crippen LogP contribution in [0.5, 0.6) is 11.5 Å². The highest BCUT2D eigenvalue weighted by Crippen LogP contribution is 2.38. The summed E-state index contributed by atoms with van der Waals surface area (Å²) >= 11 is 3.47. The fourth-order valence-electron chi connectivity index (χ4n) is 3.07. The Hall–Kier alpha value is -3.63. The molecule has 3 aromatic carbocycles. The summed E-state index contributed by atoms with van der Waals surface area (Å²) in [5.41, 5.74) is 3.89. The highest BCUT2D eigenvalue weighted by atomic mass is 79.9. The zero-order chi connectivity index (χ0) is 24.0. The van der Waals surface area contributed by atoms with Crippen LogP contribution in [0.2, 0.25) is 0 Å². The number of carbonyl (C=O) groups is 1. The third-order valence-corrected chi connectivity index (χ3v) is 5.45. The number of anilines is 1. The van der Waals surface area contributed by atoms with E-state index in [9.17, 15) is 14.4 Å². The maximum Gasteiger partial charge on any atom is 0.266 e. The lowest BCUT2D eigenvalue weighted by atomic mass is 10.1. The van der Waals surface area contributed by atoms with Crippen LogP contribution in [0.3, 0.4) is 0 Å². The Morgan fingerprint density at radius 3 is 2.55 bits per heavy atom. The Balaban J connectivity index is 1.83. The predicted molar refractivity (Wildman–Crippen MR) is 130 cm³/mol. The predicted octanol–water partition coefficient (Wildman–Crippen LogP) is 6.34. The Bertz CT molecular complexity index is 1250. The molecule has 1 N–H and O–H groups in total. The Morgan fingerprint density at radius 2 is 1.88 bits per heavy atom. The second-order valence-corrected chi connectivity index (χ2v) is 8.25. The Labute approximate surface area is 200 Å². The van der Waals surface area contributed by atoms with Crippen molar-refractivity contribution in [2.24, 2.45) is 0 Å². The number of carbonyl (C=O) groups excluding carboxylic acids is 1. The molecule has 0 radical (unpaired) electrons. The molecule has 7 heteroatoms. The van der Waals surface area contributed by atoms with E-state index in [-0.39, 0.29) is 18.0 Å². The summed E-state index contributed by atoms with van der Waals surface area (Å²) in [4.78, 5) is 12.7. The molecule has 5 nitrogen and oxygen atoms in total. The van der Waals surface area contributed by atoms with Crippen LogP contribution in [0.15, 0.2) is 64.6 Å². The number of hydrogen-bond donors (Lipinski definition) is 1. The molecule has 3 rings (SSSR count). The fourth-order valence-corrected chi connectivity index (χ4v) is 3.65. The van der Waals surface area contributed by atoms with Gasteiger partial charge in [-0.05, 0) is 88.4 Å². The van der Waals surface area contributed by atoms with Gasteiger partial charge in [-0.3, -0.25) is 4.79 Å². The summed E-state index contributed by atoms with van der Waals surface area (Å²) in [7, 11) is 1.50. The van der Waals surface area contributed by atoms with Gasteiger partial charge in [0.2, 0.25) is 0 Å². The van der Waals surface area contributed by atoms with Crippen LogP contribution in [-0.4, -0.2) is 13.0 Å². The van der Waals surface area contributed by atoms with Crippen molar-refractivity contribution in [1.29, 1.82) is 5.26 Å². The van der Waals surface area contributed by atoms with Crippen molar-refractivity contribution in [1.82, 2.24) is 0 Å². The van der Waals surface area contributed by atoms with Gasteiger partial charge >= 0.3 is 0 Å². The van der Waals surface area contributed by atoms with E-state index in [2.05, 4.69) is 21.2 Å². The molecule has 0 aliphatic carbocycles. The van der Waals surface area contributed by atoms with Crippen molar-refractivity contribution < 1.29 is 18.7 Å². The molecule has 0 spiro atoms. The van der Waals surface area contributed by atoms with Gasteiger partial charge in [0.1, 0.15) is 24.1 Å². The van der Waals surface area contributed by atoms with E-state index in [0.29, 0.717) is 27.2 Å². The van der Waals surface area contributed by atoms with Gasteiger partial charge in [-0.15, -0.1) is 0 Å². The minimum atomic E-state index is -0.502. The summed E-state index contributed by atoms with van der Waals surface area (Å²) in [6.45, 7) is 4.03. The van der Waals surface area contributed by atoms with Crippen LogP contribution in [0.1, 0.15) is 22.3 Å². The van der Waals surface area contributed by atoms with Gasteiger partial charge in [0.25, 0.3) is 5.91 Å². The highest BCUT2D eigenvalue weighted by Gasteiger charge is 2.15. The second kappa shape index (κ2) is 10.8. The van der Waals surface area contributed by atoms with Crippen molar-refractivity contribution >= 4 is 33.6 Å². The van der Waals surface area contributed by atoms with Crippen LogP contribution < -0.4 is 14.8 Å². The standard InChI is InChI=1S/C26H22BrFN2O3/c1-16-4-5-17(2)23(10-16)30-26(31)20(14-29)11-19-12-22(27)25(24(13-19)32-3)33-15-18-6-8-21(28)9-7-18/h4-13H,15H2,1-3H3,(H,30,31)/b20-11+. The largest absolute Gasteiger partial charge is 0.493 e. The number of aryl methyl sites for hydroxylation is 2. The van der Waals surface area contributed by atoms with Crippen molar-refractivity contribution in [2.75, 3.05) is 12.4 Å². The van der Waals surface area contributed by atoms with Gasteiger partial charge in [0.15, 0.2) is 11.5 Å². The number of ether oxygens (including phenoxy) is 2. The fraction of sp³-hybridized carbons (Fsp3) is 0.154. The number of amides is 1. The minimum absolute atomic E-state index is 0.0511. The number of rotatable bonds is 7. The molecule has 0 aliphatic rings. The first-order valence-corrected chi connectivity index (χ1v) is 10.8. The topological polar surface area (TPSA) is 71.3 Å². The van der Waals surface area contributed by atoms with Crippen molar-refractivity contribution in [2.45, 2.75) is 20.5 Å². The van der Waals surface area contributed by atoms with Crippen molar-refractivity contribution in [3.63, 3.8) is 0 Å².